The van der Waals surface area contributed by atoms with Crippen LogP contribution >= 0.6 is 0 Å². The normalized spacial score (nSPS) is 22.8. The summed E-state index contributed by atoms with van der Waals surface area (Å²) in [7, 11) is 0. The van der Waals surface area contributed by atoms with Gasteiger partial charge in [-0.1, -0.05) is 12.1 Å². The van der Waals surface area contributed by atoms with E-state index < -0.39 is 11.2 Å². The predicted molar refractivity (Wildman–Crippen MR) is 127 cm³/mol. The molecule has 174 valence electrons. The fraction of sp³-hybridized carbons (Fsp3) is 0.440. The third kappa shape index (κ3) is 4.64. The van der Waals surface area contributed by atoms with Gasteiger partial charge in [-0.25, -0.2) is 4.39 Å². The summed E-state index contributed by atoms with van der Waals surface area (Å²) in [4.78, 5) is 13.0. The van der Waals surface area contributed by atoms with Crippen molar-refractivity contribution in [2.45, 2.75) is 30.5 Å². The minimum absolute atomic E-state index is 0.230. The van der Waals surface area contributed by atoms with Crippen LogP contribution in [-0.4, -0.2) is 70.7 Å². The fourth-order valence-corrected chi connectivity index (χ4v) is 5.00. The molecule has 2 aromatic heterocycles. The van der Waals surface area contributed by atoms with Crippen molar-refractivity contribution >= 4 is 22.4 Å². The molecule has 0 spiro atoms. The number of halogens is 1. The summed E-state index contributed by atoms with van der Waals surface area (Å²) in [5, 5.41) is 25.5. The first kappa shape index (κ1) is 22.0. The molecular formula is C25H30FN5O2. The number of aliphatic hydroxyl groups is 2. The van der Waals surface area contributed by atoms with E-state index >= 15 is 0 Å². The van der Waals surface area contributed by atoms with E-state index in [-0.39, 0.29) is 5.82 Å². The highest BCUT2D eigenvalue weighted by Gasteiger charge is 2.38. The van der Waals surface area contributed by atoms with Crippen molar-refractivity contribution < 1.29 is 14.6 Å². The van der Waals surface area contributed by atoms with Crippen LogP contribution in [-0.2, 0) is 0 Å². The first-order valence-corrected chi connectivity index (χ1v) is 11.5. The van der Waals surface area contributed by atoms with Crippen LogP contribution in [0.5, 0.6) is 0 Å². The van der Waals surface area contributed by atoms with Crippen LogP contribution in [0, 0.1) is 5.82 Å². The van der Waals surface area contributed by atoms with Gasteiger partial charge in [-0.3, -0.25) is 9.97 Å². The van der Waals surface area contributed by atoms with Crippen LogP contribution in [0.2, 0.25) is 0 Å². The summed E-state index contributed by atoms with van der Waals surface area (Å²) in [5.74, 6) is -0.230. The second-order valence-electron chi connectivity index (χ2n) is 9.36. The lowest BCUT2D eigenvalue weighted by Gasteiger charge is -2.40. The standard InChI is InChI=1S/C25H30FN5O2/c26-19-4-1-2-6-21(19)30-13-8-24(32,9-14-30)16-27-17-25(33)10-15-31(18-25)22-7-12-28-20-5-3-11-29-23(20)22/h1-7,11-12,27,32-33H,8-10,13-18H2/t25-/m1/s1. The van der Waals surface area contributed by atoms with Crippen molar-refractivity contribution in [1.29, 1.82) is 0 Å². The number of rotatable bonds is 6. The molecule has 0 bridgehead atoms. The Bertz CT molecular complexity index is 1120. The Morgan fingerprint density at radius 2 is 1.55 bits per heavy atom. The van der Waals surface area contributed by atoms with Crippen molar-refractivity contribution in [1.82, 2.24) is 15.3 Å². The van der Waals surface area contributed by atoms with E-state index in [0.29, 0.717) is 57.7 Å². The molecule has 2 fully saturated rings. The summed E-state index contributed by atoms with van der Waals surface area (Å²) < 4.78 is 14.1. The van der Waals surface area contributed by atoms with Gasteiger partial charge in [-0.05, 0) is 49.6 Å². The van der Waals surface area contributed by atoms with Gasteiger partial charge in [0.15, 0.2) is 0 Å². The number of benzene rings is 1. The van der Waals surface area contributed by atoms with E-state index in [1.165, 1.54) is 6.07 Å². The number of hydrogen-bond donors (Lipinski definition) is 3. The first-order chi connectivity index (χ1) is 15.9. The number of piperidine rings is 1. The zero-order valence-corrected chi connectivity index (χ0v) is 18.6. The molecule has 1 atom stereocenters. The number of nitrogens with one attached hydrogen (secondary N) is 1. The highest BCUT2D eigenvalue weighted by atomic mass is 19.1. The van der Waals surface area contributed by atoms with Crippen LogP contribution in [0.3, 0.4) is 0 Å². The van der Waals surface area contributed by atoms with E-state index in [0.717, 1.165) is 23.3 Å². The van der Waals surface area contributed by atoms with Gasteiger partial charge in [0.2, 0.25) is 0 Å². The molecule has 33 heavy (non-hydrogen) atoms. The molecule has 4 heterocycles. The van der Waals surface area contributed by atoms with Crippen LogP contribution in [0.25, 0.3) is 11.0 Å². The molecule has 0 saturated carbocycles. The Balaban J connectivity index is 1.15. The first-order valence-electron chi connectivity index (χ1n) is 11.5. The third-order valence-electron chi connectivity index (χ3n) is 6.94. The van der Waals surface area contributed by atoms with Gasteiger partial charge in [-0.15, -0.1) is 0 Å². The average molecular weight is 452 g/mol. The number of anilines is 2. The highest BCUT2D eigenvalue weighted by molar-refractivity contribution is 5.87. The minimum Gasteiger partial charge on any atom is -0.388 e. The molecule has 3 aromatic rings. The Labute approximate surface area is 192 Å². The van der Waals surface area contributed by atoms with Crippen molar-refractivity contribution in [2.24, 2.45) is 0 Å². The maximum atomic E-state index is 14.1. The maximum absolute atomic E-state index is 14.1. The second kappa shape index (κ2) is 8.85. The maximum Gasteiger partial charge on any atom is 0.146 e. The number of aromatic nitrogens is 2. The number of fused-ring (bicyclic) bond motifs is 1. The Morgan fingerprint density at radius 1 is 0.818 bits per heavy atom. The number of para-hydroxylation sites is 1. The topological polar surface area (TPSA) is 84.8 Å². The van der Waals surface area contributed by atoms with Crippen LogP contribution in [0.1, 0.15) is 19.3 Å². The largest absolute Gasteiger partial charge is 0.388 e. The molecule has 3 N–H and O–H groups in total. The Kier molecular flexibility index (Phi) is 5.90. The number of nitrogens with zero attached hydrogens (tertiary/aromatic N) is 4. The lowest BCUT2D eigenvalue weighted by atomic mass is 9.90. The smallest absolute Gasteiger partial charge is 0.146 e. The van der Waals surface area contributed by atoms with Gasteiger partial charge < -0.3 is 25.3 Å². The molecule has 0 aliphatic carbocycles. The summed E-state index contributed by atoms with van der Waals surface area (Å²) >= 11 is 0. The second-order valence-corrected chi connectivity index (χ2v) is 9.36. The monoisotopic (exact) mass is 451 g/mol. The Hall–Kier alpha value is -2.81. The van der Waals surface area contributed by atoms with Gasteiger partial charge in [0.05, 0.1) is 28.1 Å². The van der Waals surface area contributed by atoms with E-state index in [1.54, 1.807) is 24.5 Å². The van der Waals surface area contributed by atoms with Crippen LogP contribution < -0.4 is 15.1 Å². The minimum atomic E-state index is -0.880. The fourth-order valence-electron chi connectivity index (χ4n) is 5.00. The molecule has 2 aliphatic rings. The summed E-state index contributed by atoms with van der Waals surface area (Å²) in [6.07, 6.45) is 5.27. The Morgan fingerprint density at radius 3 is 2.36 bits per heavy atom. The molecule has 1 aromatic carbocycles. The highest BCUT2D eigenvalue weighted by Crippen LogP contribution is 2.31. The molecule has 7 nitrogen and oxygen atoms in total. The molecule has 8 heteroatoms. The van der Waals surface area contributed by atoms with Gasteiger partial charge in [0.1, 0.15) is 11.3 Å². The molecule has 5 rings (SSSR count). The zero-order chi connectivity index (χ0) is 22.9. The summed E-state index contributed by atoms with van der Waals surface area (Å²) in [5.41, 5.74) is 1.51. The van der Waals surface area contributed by atoms with Crippen molar-refractivity contribution in [3.05, 3.63) is 60.7 Å². The van der Waals surface area contributed by atoms with Gasteiger partial charge in [0, 0.05) is 51.7 Å². The van der Waals surface area contributed by atoms with Crippen molar-refractivity contribution in [3.8, 4) is 0 Å². The quantitative estimate of drug-likeness (QED) is 0.531. The zero-order valence-electron chi connectivity index (χ0n) is 18.6. The van der Waals surface area contributed by atoms with E-state index in [2.05, 4.69) is 20.2 Å². The van der Waals surface area contributed by atoms with Crippen LogP contribution in [0.15, 0.2) is 54.9 Å². The number of β-amino-alcohol motifs (C(OH)–C–C–N with tert-alkyl or cyclic N) is 1. The predicted octanol–water partition coefficient (Wildman–Crippen LogP) is 2.33. The SMILES string of the molecule is OC1(CNC[C@]2(O)CCN(c3ccnc4cccnc34)C2)CCN(c2ccccc2F)CC1. The van der Waals surface area contributed by atoms with Gasteiger partial charge in [-0.2, -0.15) is 0 Å². The van der Waals surface area contributed by atoms with E-state index in [9.17, 15) is 14.6 Å². The van der Waals surface area contributed by atoms with Gasteiger partial charge in [0.25, 0.3) is 0 Å². The molecular weight excluding hydrogens is 421 g/mol. The molecule has 0 radical (unpaired) electrons. The number of hydrogen-bond acceptors (Lipinski definition) is 7. The summed E-state index contributed by atoms with van der Waals surface area (Å²) in [6.45, 7) is 3.23. The summed E-state index contributed by atoms with van der Waals surface area (Å²) in [6, 6.07) is 12.5. The third-order valence-corrected chi connectivity index (χ3v) is 6.94. The average Bonchev–Trinajstić information content (AvgIpc) is 3.21. The lowest BCUT2D eigenvalue weighted by molar-refractivity contribution is 0.00633. The van der Waals surface area contributed by atoms with Gasteiger partial charge >= 0.3 is 0 Å². The van der Waals surface area contributed by atoms with Crippen LogP contribution in [0.4, 0.5) is 15.8 Å². The molecule has 2 saturated heterocycles. The number of pyridine rings is 2. The lowest BCUT2D eigenvalue weighted by Crippen LogP contribution is -2.53. The molecule has 0 amide bonds. The molecule has 0 unspecified atom stereocenters. The van der Waals surface area contributed by atoms with Crippen molar-refractivity contribution in [3.63, 3.8) is 0 Å². The van der Waals surface area contributed by atoms with E-state index in [4.69, 9.17) is 0 Å². The van der Waals surface area contributed by atoms with Crippen molar-refractivity contribution in [2.75, 3.05) is 49.1 Å². The van der Waals surface area contributed by atoms with E-state index in [1.807, 2.05) is 29.2 Å². The molecule has 2 aliphatic heterocycles.